The molecule has 58 heavy (non-hydrogen) atoms. The minimum absolute atomic E-state index is 0.0263. The molecule has 4 saturated heterocycles. The Bertz CT molecular complexity index is 2020. The second-order valence-electron chi connectivity index (χ2n) is 15.4. The van der Waals surface area contributed by atoms with Gasteiger partial charge in [0.05, 0.1) is 24.9 Å². The van der Waals surface area contributed by atoms with Crippen molar-refractivity contribution in [2.75, 3.05) is 36.8 Å². The maximum absolute atomic E-state index is 13.5. The minimum atomic E-state index is -0.571. The Morgan fingerprint density at radius 3 is 1.40 bits per heavy atom. The third-order valence-electron chi connectivity index (χ3n) is 11.5. The summed E-state index contributed by atoms with van der Waals surface area (Å²) in [5.74, 6) is -1.63. The molecule has 2 aromatic carbocycles. The van der Waals surface area contributed by atoms with Crippen molar-refractivity contribution in [2.24, 2.45) is 11.8 Å². The van der Waals surface area contributed by atoms with Crippen molar-refractivity contribution in [2.45, 2.75) is 63.7 Å². The number of nitrogens with one attached hydrogen (secondary N) is 2. The van der Waals surface area contributed by atoms with Gasteiger partial charge in [0.2, 0.25) is 35.4 Å². The number of nitrogens with zero attached hydrogens (tertiary/aromatic N) is 4. The lowest BCUT2D eigenvalue weighted by molar-refractivity contribution is -0.140. The smallest absolute Gasteiger partial charge is 0.247 e. The first kappa shape index (κ1) is 39.2. The lowest BCUT2D eigenvalue weighted by atomic mass is 10.1. The molecule has 12 nitrogen and oxygen atoms in total. The lowest BCUT2D eigenvalue weighted by Crippen LogP contribution is -2.46. The molecule has 4 aliphatic rings. The Hall–Kier alpha value is -5.60. The molecule has 8 rings (SSSR count). The van der Waals surface area contributed by atoms with Gasteiger partial charge in [-0.3, -0.25) is 28.8 Å². The summed E-state index contributed by atoms with van der Waals surface area (Å²) in [4.78, 5) is 88.1. The zero-order chi connectivity index (χ0) is 40.2. The van der Waals surface area contributed by atoms with Gasteiger partial charge in [-0.15, -0.1) is 22.7 Å². The number of carbonyl (C=O) groups excluding carboxylic acids is 6. The number of likely N-dealkylation sites (tertiary alicyclic amines) is 4. The van der Waals surface area contributed by atoms with E-state index in [-0.39, 0.29) is 48.3 Å². The number of benzene rings is 2. The number of carbonyl (C=O) groups is 6. The van der Waals surface area contributed by atoms with Crippen molar-refractivity contribution >= 4 is 81.6 Å². The van der Waals surface area contributed by atoms with E-state index in [1.807, 2.05) is 95.7 Å². The van der Waals surface area contributed by atoms with Crippen molar-refractivity contribution in [3.05, 3.63) is 104 Å². The van der Waals surface area contributed by atoms with Crippen molar-refractivity contribution in [3.8, 4) is 0 Å². The number of rotatable bonds is 12. The molecule has 6 amide bonds. The highest BCUT2D eigenvalue weighted by Gasteiger charge is 2.43. The van der Waals surface area contributed by atoms with Crippen molar-refractivity contribution in [3.63, 3.8) is 0 Å². The van der Waals surface area contributed by atoms with Crippen LogP contribution in [0.5, 0.6) is 0 Å². The summed E-state index contributed by atoms with van der Waals surface area (Å²) in [6, 6.07) is 21.7. The van der Waals surface area contributed by atoms with Crippen molar-refractivity contribution in [1.82, 2.24) is 19.6 Å². The Morgan fingerprint density at radius 1 is 0.603 bits per heavy atom. The van der Waals surface area contributed by atoms with Crippen molar-refractivity contribution < 1.29 is 28.8 Å². The van der Waals surface area contributed by atoms with E-state index in [0.29, 0.717) is 63.5 Å². The van der Waals surface area contributed by atoms with Crippen molar-refractivity contribution in [1.29, 1.82) is 0 Å². The number of hydrogen-bond acceptors (Lipinski definition) is 8. The van der Waals surface area contributed by atoms with Gasteiger partial charge in [0.25, 0.3) is 0 Å². The standard InChI is InChI=1S/C44H46N6O6S2/c51-39-23-31(25-47(39)27-35-5-3-21-57-35)43(55)49-19-1-7-37(49)41(53)45-33-15-11-29(12-16-33)9-10-30-13-17-34(18-14-30)46-42(54)38-8-2-20-50(38)44(56)32-24-40(52)48(26-32)28-36-6-4-22-58-36/h3-6,9-18,21-22,31-32,37-38H,1-2,7-8,19-20,23-28H2,(H,45,53)(H,46,54)/b10-9+/t31?,32?,37-,38-/m0/s1. The Morgan fingerprint density at radius 2 is 1.02 bits per heavy atom. The third kappa shape index (κ3) is 8.92. The average Bonchev–Trinajstić information content (AvgIpc) is 4.09. The zero-order valence-electron chi connectivity index (χ0n) is 32.1. The molecule has 0 spiro atoms. The summed E-state index contributed by atoms with van der Waals surface area (Å²) < 4.78 is 0. The monoisotopic (exact) mass is 818 g/mol. The van der Waals surface area contributed by atoms with Crippen LogP contribution in [0.3, 0.4) is 0 Å². The summed E-state index contributed by atoms with van der Waals surface area (Å²) >= 11 is 3.18. The van der Waals surface area contributed by atoms with Crippen LogP contribution in [-0.2, 0) is 41.9 Å². The fourth-order valence-electron chi connectivity index (χ4n) is 8.44. The fourth-order valence-corrected chi connectivity index (χ4v) is 9.87. The molecule has 0 saturated carbocycles. The van der Waals surface area contributed by atoms with Gasteiger partial charge in [-0.05, 0) is 84.0 Å². The lowest BCUT2D eigenvalue weighted by Gasteiger charge is -2.26. The molecule has 2 aromatic heterocycles. The van der Waals surface area contributed by atoms with Gasteiger partial charge < -0.3 is 30.2 Å². The van der Waals surface area contributed by atoms with Crippen LogP contribution in [0.15, 0.2) is 83.6 Å². The molecular formula is C44H46N6O6S2. The first-order valence-electron chi connectivity index (χ1n) is 19.9. The molecule has 4 atom stereocenters. The van der Waals surface area contributed by atoms with Crippen LogP contribution >= 0.6 is 22.7 Å². The molecule has 0 bridgehead atoms. The first-order valence-corrected chi connectivity index (χ1v) is 21.7. The maximum atomic E-state index is 13.5. The van der Waals surface area contributed by atoms with Gasteiger partial charge in [0, 0.05) is 60.1 Å². The van der Waals surface area contributed by atoms with Crippen LogP contribution in [0, 0.1) is 11.8 Å². The summed E-state index contributed by atoms with van der Waals surface area (Å²) in [5, 5.41) is 9.91. The Balaban J connectivity index is 0.800. The largest absolute Gasteiger partial charge is 0.337 e. The molecule has 4 fully saturated rings. The van der Waals surface area contributed by atoms with Gasteiger partial charge in [0.15, 0.2) is 0 Å². The zero-order valence-corrected chi connectivity index (χ0v) is 33.7. The van der Waals surface area contributed by atoms with E-state index in [9.17, 15) is 28.8 Å². The summed E-state index contributed by atoms with van der Waals surface area (Å²) in [6.45, 7) is 2.78. The summed E-state index contributed by atoms with van der Waals surface area (Å²) in [6.07, 6.45) is 6.90. The highest BCUT2D eigenvalue weighted by atomic mass is 32.1. The van der Waals surface area contributed by atoms with Crippen LogP contribution in [0.25, 0.3) is 12.2 Å². The second-order valence-corrected chi connectivity index (χ2v) is 17.5. The SMILES string of the molecule is O=C(Nc1ccc(/C=C/c2ccc(NC(=O)[C@@H]3CCCN3C(=O)C3CC(=O)N(Cc4cccs4)C3)cc2)cc1)[C@@H]1CCCN1C(=O)C1CC(=O)N(Cc2cccs2)C1. The molecule has 0 aliphatic carbocycles. The Kier molecular flexibility index (Phi) is 11.8. The maximum Gasteiger partial charge on any atom is 0.247 e. The van der Waals surface area contributed by atoms with Crippen LogP contribution in [-0.4, -0.2) is 93.3 Å². The van der Waals surface area contributed by atoms with E-state index in [1.165, 1.54) is 0 Å². The highest BCUT2D eigenvalue weighted by Crippen LogP contribution is 2.30. The van der Waals surface area contributed by atoms with E-state index < -0.39 is 23.9 Å². The molecule has 2 unspecified atom stereocenters. The normalized spacial score (nSPS) is 22.1. The van der Waals surface area contributed by atoms with Gasteiger partial charge in [-0.25, -0.2) is 0 Å². The number of hydrogen-bond donors (Lipinski definition) is 2. The highest BCUT2D eigenvalue weighted by molar-refractivity contribution is 7.10. The third-order valence-corrected chi connectivity index (χ3v) is 13.2. The average molecular weight is 819 g/mol. The molecule has 4 aliphatic heterocycles. The predicted octanol–water partition coefficient (Wildman–Crippen LogP) is 5.94. The second kappa shape index (κ2) is 17.5. The summed E-state index contributed by atoms with van der Waals surface area (Å²) in [7, 11) is 0. The van der Waals surface area contributed by atoms with Gasteiger partial charge in [-0.2, -0.15) is 0 Å². The van der Waals surface area contributed by atoms with Crippen LogP contribution in [0.1, 0.15) is 59.4 Å². The molecule has 300 valence electrons. The van der Waals surface area contributed by atoms with E-state index >= 15 is 0 Å². The first-order chi connectivity index (χ1) is 28.2. The number of anilines is 2. The van der Waals surface area contributed by atoms with Crippen LogP contribution < -0.4 is 10.6 Å². The molecule has 0 radical (unpaired) electrons. The summed E-state index contributed by atoms with van der Waals surface area (Å²) in [5.41, 5.74) is 3.12. The topological polar surface area (TPSA) is 139 Å². The number of thiophene rings is 2. The fraction of sp³-hybridized carbons (Fsp3) is 0.364. The van der Waals surface area contributed by atoms with Gasteiger partial charge >= 0.3 is 0 Å². The predicted molar refractivity (Wildman–Crippen MR) is 224 cm³/mol. The van der Waals surface area contributed by atoms with E-state index in [2.05, 4.69) is 10.6 Å². The van der Waals surface area contributed by atoms with Crippen LogP contribution in [0.4, 0.5) is 11.4 Å². The van der Waals surface area contributed by atoms with E-state index in [0.717, 1.165) is 33.7 Å². The van der Waals surface area contributed by atoms with Gasteiger partial charge in [-0.1, -0.05) is 48.6 Å². The molecule has 6 heterocycles. The number of amides is 6. The molecule has 4 aromatic rings. The molecule has 14 heteroatoms. The quantitative estimate of drug-likeness (QED) is 0.170. The minimum Gasteiger partial charge on any atom is -0.337 e. The Labute approximate surface area is 345 Å². The van der Waals surface area contributed by atoms with Crippen LogP contribution in [0.2, 0.25) is 0 Å². The molecule has 2 N–H and O–H groups in total. The molecular weight excluding hydrogens is 773 g/mol. The van der Waals surface area contributed by atoms with E-state index in [1.54, 1.807) is 42.3 Å². The van der Waals surface area contributed by atoms with Gasteiger partial charge in [0.1, 0.15) is 12.1 Å². The van der Waals surface area contributed by atoms with E-state index in [4.69, 9.17) is 0 Å².